The van der Waals surface area contributed by atoms with Gasteiger partial charge in [-0.05, 0) is 54.1 Å². The summed E-state index contributed by atoms with van der Waals surface area (Å²) in [5.41, 5.74) is 1.72. The van der Waals surface area contributed by atoms with Gasteiger partial charge in [-0.15, -0.1) is 0 Å². The minimum atomic E-state index is -0.473. The number of non-ortho nitro benzene ring substituents is 1. The molecule has 0 atom stereocenters. The Kier molecular flexibility index (Phi) is 6.24. The number of nitro benzene ring substituents is 1. The molecule has 10 heteroatoms. The van der Waals surface area contributed by atoms with Crippen LogP contribution in [-0.2, 0) is 0 Å². The number of amides is 1. The monoisotopic (exact) mass is 510 g/mol. The van der Waals surface area contributed by atoms with Gasteiger partial charge in [-0.2, -0.15) is 10.1 Å². The van der Waals surface area contributed by atoms with Crippen molar-refractivity contribution in [1.82, 2.24) is 4.98 Å². The minimum Gasteiger partial charge on any atom is -0.497 e. The molecule has 32 heavy (non-hydrogen) atoms. The number of halogens is 1. The van der Waals surface area contributed by atoms with Crippen molar-refractivity contribution in [1.29, 1.82) is 0 Å². The van der Waals surface area contributed by atoms with Crippen molar-refractivity contribution in [3.8, 4) is 5.75 Å². The first kappa shape index (κ1) is 21.6. The van der Waals surface area contributed by atoms with Gasteiger partial charge in [-0.1, -0.05) is 33.3 Å². The Hall–Kier alpha value is -3.63. The van der Waals surface area contributed by atoms with Crippen LogP contribution in [0, 0.1) is 10.1 Å². The van der Waals surface area contributed by atoms with Crippen LogP contribution in [0.5, 0.6) is 5.75 Å². The molecule has 0 saturated carbocycles. The molecule has 0 aliphatic rings. The number of hydrogen-bond donors (Lipinski definition) is 0. The predicted octanol–water partition coefficient (Wildman–Crippen LogP) is 5.66. The summed E-state index contributed by atoms with van der Waals surface area (Å²) in [5.74, 6) is 0.322. The van der Waals surface area contributed by atoms with Crippen LogP contribution in [0.1, 0.15) is 15.9 Å². The molecule has 4 rings (SSSR count). The summed E-state index contributed by atoms with van der Waals surface area (Å²) < 4.78 is 6.87. The van der Waals surface area contributed by atoms with E-state index in [0.29, 0.717) is 27.5 Å². The van der Waals surface area contributed by atoms with E-state index in [1.165, 1.54) is 34.7 Å². The van der Waals surface area contributed by atoms with Gasteiger partial charge in [-0.3, -0.25) is 14.9 Å². The summed E-state index contributed by atoms with van der Waals surface area (Å²) in [6, 6.07) is 18.3. The third-order valence-electron chi connectivity index (χ3n) is 4.46. The molecule has 1 heterocycles. The topological polar surface area (TPSA) is 97.9 Å². The van der Waals surface area contributed by atoms with E-state index in [-0.39, 0.29) is 11.6 Å². The van der Waals surface area contributed by atoms with E-state index >= 15 is 0 Å². The van der Waals surface area contributed by atoms with Gasteiger partial charge in [0.25, 0.3) is 11.6 Å². The van der Waals surface area contributed by atoms with Gasteiger partial charge in [0.05, 0.1) is 28.5 Å². The summed E-state index contributed by atoms with van der Waals surface area (Å²) >= 11 is 4.69. The molecule has 0 spiro atoms. The number of nitrogens with zero attached hydrogens (tertiary/aromatic N) is 4. The maximum atomic E-state index is 13.3. The fourth-order valence-corrected chi connectivity index (χ4v) is 4.20. The number of hydrazone groups is 1. The van der Waals surface area contributed by atoms with Crippen molar-refractivity contribution in [3.05, 3.63) is 92.4 Å². The van der Waals surface area contributed by atoms with Crippen LogP contribution < -0.4 is 9.75 Å². The van der Waals surface area contributed by atoms with Gasteiger partial charge < -0.3 is 4.74 Å². The number of benzene rings is 3. The Labute approximate surface area is 195 Å². The van der Waals surface area contributed by atoms with Gasteiger partial charge in [-0.25, -0.2) is 4.98 Å². The van der Waals surface area contributed by atoms with Crippen LogP contribution >= 0.6 is 27.3 Å². The van der Waals surface area contributed by atoms with E-state index in [4.69, 9.17) is 4.74 Å². The number of thiazole rings is 1. The van der Waals surface area contributed by atoms with E-state index in [1.54, 1.807) is 43.5 Å². The molecule has 0 radical (unpaired) electrons. The van der Waals surface area contributed by atoms with Crippen LogP contribution in [0.2, 0.25) is 0 Å². The maximum absolute atomic E-state index is 13.3. The molecule has 0 bridgehead atoms. The van der Waals surface area contributed by atoms with Crippen LogP contribution in [0.15, 0.2) is 76.3 Å². The van der Waals surface area contributed by atoms with Crippen LogP contribution in [0.4, 0.5) is 10.8 Å². The second-order valence-corrected chi connectivity index (χ2v) is 8.48. The Balaban J connectivity index is 1.74. The highest BCUT2D eigenvalue weighted by Crippen LogP contribution is 2.32. The van der Waals surface area contributed by atoms with Crippen molar-refractivity contribution in [2.24, 2.45) is 5.10 Å². The number of hydrogen-bond acceptors (Lipinski definition) is 7. The average molecular weight is 511 g/mol. The summed E-state index contributed by atoms with van der Waals surface area (Å²) in [5, 5.41) is 16.8. The van der Waals surface area contributed by atoms with Crippen LogP contribution in [0.25, 0.3) is 10.2 Å². The second kappa shape index (κ2) is 9.25. The SMILES string of the molecule is COc1ccc2nc(N(/N=C/c3ccc([N+](=O)[O-])cc3)C(=O)c3cccc(Br)c3)sc2c1. The molecule has 4 aromatic rings. The molecule has 0 unspecified atom stereocenters. The largest absolute Gasteiger partial charge is 0.497 e. The van der Waals surface area contributed by atoms with Crippen molar-refractivity contribution < 1.29 is 14.5 Å². The first-order chi connectivity index (χ1) is 15.4. The van der Waals surface area contributed by atoms with E-state index < -0.39 is 4.92 Å². The van der Waals surface area contributed by atoms with E-state index in [9.17, 15) is 14.9 Å². The molecule has 1 amide bonds. The van der Waals surface area contributed by atoms with E-state index in [1.807, 2.05) is 18.2 Å². The lowest BCUT2D eigenvalue weighted by molar-refractivity contribution is -0.384. The normalized spacial score (nSPS) is 11.1. The fourth-order valence-electron chi connectivity index (χ4n) is 2.85. The molecular weight excluding hydrogens is 496 g/mol. The zero-order valence-electron chi connectivity index (χ0n) is 16.6. The number of methoxy groups -OCH3 is 1. The number of ether oxygens (including phenoxy) is 1. The average Bonchev–Trinajstić information content (AvgIpc) is 3.22. The standard InChI is InChI=1S/C22H15BrN4O4S/c1-31-18-9-10-19-20(12-18)32-22(25-19)26(21(28)15-3-2-4-16(23)11-15)24-13-14-5-7-17(8-6-14)27(29)30/h2-13H,1H3/b24-13+. The lowest BCUT2D eigenvalue weighted by Gasteiger charge is -2.14. The third kappa shape index (κ3) is 4.66. The Bertz CT molecular complexity index is 1340. The Morgan fingerprint density at radius 1 is 1.19 bits per heavy atom. The van der Waals surface area contributed by atoms with Crippen molar-refractivity contribution in [2.45, 2.75) is 0 Å². The van der Waals surface area contributed by atoms with E-state index in [2.05, 4.69) is 26.0 Å². The lowest BCUT2D eigenvalue weighted by Crippen LogP contribution is -2.25. The number of aromatic nitrogens is 1. The zero-order chi connectivity index (χ0) is 22.7. The highest BCUT2D eigenvalue weighted by molar-refractivity contribution is 9.10. The van der Waals surface area contributed by atoms with Crippen LogP contribution in [0.3, 0.4) is 0 Å². The van der Waals surface area contributed by atoms with Gasteiger partial charge in [0, 0.05) is 22.2 Å². The highest BCUT2D eigenvalue weighted by atomic mass is 79.9. The molecular formula is C22H15BrN4O4S. The summed E-state index contributed by atoms with van der Waals surface area (Å²) in [7, 11) is 1.58. The summed E-state index contributed by atoms with van der Waals surface area (Å²) in [6.45, 7) is 0. The smallest absolute Gasteiger partial charge is 0.280 e. The molecule has 160 valence electrons. The second-order valence-electron chi connectivity index (χ2n) is 6.55. The fraction of sp³-hybridized carbons (Fsp3) is 0.0455. The van der Waals surface area contributed by atoms with Crippen molar-refractivity contribution >= 4 is 60.4 Å². The summed E-state index contributed by atoms with van der Waals surface area (Å²) in [4.78, 5) is 28.3. The number of carbonyl (C=O) groups is 1. The molecule has 0 saturated heterocycles. The van der Waals surface area contributed by atoms with Crippen molar-refractivity contribution in [3.63, 3.8) is 0 Å². The Morgan fingerprint density at radius 3 is 2.66 bits per heavy atom. The highest BCUT2D eigenvalue weighted by Gasteiger charge is 2.21. The molecule has 0 N–H and O–H groups in total. The number of fused-ring (bicyclic) bond motifs is 1. The first-order valence-corrected chi connectivity index (χ1v) is 10.9. The zero-order valence-corrected chi connectivity index (χ0v) is 19.0. The summed E-state index contributed by atoms with van der Waals surface area (Å²) in [6.07, 6.45) is 1.46. The molecule has 0 aliphatic heterocycles. The molecule has 3 aromatic carbocycles. The van der Waals surface area contributed by atoms with Gasteiger partial charge in [0.1, 0.15) is 5.75 Å². The molecule has 1 aromatic heterocycles. The number of carbonyl (C=O) groups excluding carboxylic acids is 1. The van der Waals surface area contributed by atoms with E-state index in [0.717, 1.165) is 9.17 Å². The molecule has 8 nitrogen and oxygen atoms in total. The predicted molar refractivity (Wildman–Crippen MR) is 128 cm³/mol. The molecule has 0 aliphatic carbocycles. The third-order valence-corrected chi connectivity index (χ3v) is 5.94. The van der Waals surface area contributed by atoms with Crippen LogP contribution in [-0.4, -0.2) is 29.1 Å². The Morgan fingerprint density at radius 2 is 1.97 bits per heavy atom. The van der Waals surface area contributed by atoms with Crippen molar-refractivity contribution in [2.75, 3.05) is 12.1 Å². The quantitative estimate of drug-likeness (QED) is 0.189. The number of rotatable bonds is 6. The lowest BCUT2D eigenvalue weighted by atomic mass is 10.2. The number of nitro groups is 1. The first-order valence-electron chi connectivity index (χ1n) is 9.27. The maximum Gasteiger partial charge on any atom is 0.280 e. The van der Waals surface area contributed by atoms with Gasteiger partial charge in [0.2, 0.25) is 5.13 Å². The molecule has 0 fully saturated rings. The van der Waals surface area contributed by atoms with Gasteiger partial charge in [0.15, 0.2) is 0 Å². The van der Waals surface area contributed by atoms with Gasteiger partial charge >= 0.3 is 0 Å². The number of anilines is 1. The minimum absolute atomic E-state index is 0.0238.